The van der Waals surface area contributed by atoms with Crippen LogP contribution in [0.15, 0.2) is 22.7 Å². The van der Waals surface area contributed by atoms with Gasteiger partial charge < -0.3 is 4.90 Å². The first kappa shape index (κ1) is 14.9. The minimum absolute atomic E-state index is 0.152. The zero-order valence-corrected chi connectivity index (χ0v) is 12.2. The highest BCUT2D eigenvalue weighted by Crippen LogP contribution is 2.32. The topological polar surface area (TPSA) is 97.6 Å². The molecule has 0 aliphatic carbocycles. The average molecular weight is 367 g/mol. The molecule has 0 aromatic heterocycles. The lowest BCUT2D eigenvalue weighted by Crippen LogP contribution is -2.26. The van der Waals surface area contributed by atoms with E-state index in [0.29, 0.717) is 0 Å². The van der Waals surface area contributed by atoms with Crippen molar-refractivity contribution < 1.29 is 22.0 Å². The molecule has 1 unspecified atom stereocenters. The molecule has 1 amide bonds. The van der Waals surface area contributed by atoms with Gasteiger partial charge in [-0.05, 0) is 28.1 Å². The summed E-state index contributed by atoms with van der Waals surface area (Å²) in [4.78, 5) is 22.9. The van der Waals surface area contributed by atoms with E-state index in [2.05, 4.69) is 15.9 Å². The van der Waals surface area contributed by atoms with Gasteiger partial charge in [0.2, 0.25) is 5.91 Å². The van der Waals surface area contributed by atoms with E-state index in [1.54, 1.807) is 0 Å². The molecule has 1 aliphatic rings. The maximum atomic E-state index is 12.9. The zero-order valence-electron chi connectivity index (χ0n) is 9.82. The molecule has 10 heteroatoms. The van der Waals surface area contributed by atoms with Gasteiger partial charge in [0.05, 0.1) is 9.40 Å². The Balaban J connectivity index is 2.31. The van der Waals surface area contributed by atoms with Crippen LogP contribution in [-0.2, 0) is 15.0 Å². The average Bonchev–Trinajstić information content (AvgIpc) is 2.70. The first-order valence-corrected chi connectivity index (χ1v) is 7.62. The number of nitrogens with zero attached hydrogens (tertiary/aromatic N) is 2. The van der Waals surface area contributed by atoms with Crippen LogP contribution in [0.3, 0.4) is 0 Å². The molecular formula is C10H8BrFN2O5S. The van der Waals surface area contributed by atoms with E-state index in [-0.39, 0.29) is 22.4 Å². The third kappa shape index (κ3) is 2.80. The predicted octanol–water partition coefficient (Wildman–Crippen LogP) is 1.76. The van der Waals surface area contributed by atoms with Crippen molar-refractivity contribution in [2.24, 2.45) is 0 Å². The number of hydrogen-bond donors (Lipinski definition) is 0. The summed E-state index contributed by atoms with van der Waals surface area (Å²) in [5.41, 5.74) is 0.0914. The van der Waals surface area contributed by atoms with Crippen LogP contribution in [-0.4, -0.2) is 31.0 Å². The second-order valence-electron chi connectivity index (χ2n) is 4.20. The summed E-state index contributed by atoms with van der Waals surface area (Å²) in [6.07, 6.45) is -0.437. The Hall–Kier alpha value is -1.55. The Labute approximate surface area is 121 Å². The number of carbonyl (C=O) groups excluding carboxylic acids is 1. The standard InChI is InChI=1S/C10H8BrFN2O5S/c11-8-3-6(1-2-9(8)14(16)17)13-5-7(4-10(13)15)20(12,18)19/h1-3,7H,4-5H2. The molecule has 1 aromatic carbocycles. The maximum Gasteiger partial charge on any atom is 0.307 e. The van der Waals surface area contributed by atoms with E-state index < -0.39 is 32.7 Å². The molecule has 1 aliphatic heterocycles. The van der Waals surface area contributed by atoms with Crippen molar-refractivity contribution >= 4 is 43.4 Å². The van der Waals surface area contributed by atoms with Crippen LogP contribution in [0.25, 0.3) is 0 Å². The number of halogens is 2. The van der Waals surface area contributed by atoms with Gasteiger partial charge in [-0.3, -0.25) is 14.9 Å². The largest absolute Gasteiger partial charge is 0.311 e. The number of nitro benzene ring substituents is 1. The van der Waals surface area contributed by atoms with Crippen molar-refractivity contribution in [2.45, 2.75) is 11.7 Å². The van der Waals surface area contributed by atoms with Gasteiger partial charge in [0.1, 0.15) is 5.25 Å². The highest BCUT2D eigenvalue weighted by Gasteiger charge is 2.39. The summed E-state index contributed by atoms with van der Waals surface area (Å²) in [7, 11) is -4.79. The minimum Gasteiger partial charge on any atom is -0.311 e. The fourth-order valence-corrected chi connectivity index (χ4v) is 3.10. The zero-order chi connectivity index (χ0) is 15.1. The van der Waals surface area contributed by atoms with E-state index in [0.717, 1.165) is 4.90 Å². The molecule has 20 heavy (non-hydrogen) atoms. The quantitative estimate of drug-likeness (QED) is 0.461. The molecule has 0 bridgehead atoms. The van der Waals surface area contributed by atoms with Crippen LogP contribution in [0.4, 0.5) is 15.3 Å². The van der Waals surface area contributed by atoms with Gasteiger partial charge in [0, 0.05) is 24.7 Å². The SMILES string of the molecule is O=C1CC(S(=O)(=O)F)CN1c1ccc([N+](=O)[O-])c(Br)c1. The van der Waals surface area contributed by atoms with E-state index in [4.69, 9.17) is 0 Å². The van der Waals surface area contributed by atoms with Crippen LogP contribution in [0, 0.1) is 10.1 Å². The molecule has 1 aromatic rings. The Bertz CT molecular complexity index is 693. The van der Waals surface area contributed by atoms with Crippen molar-refractivity contribution in [3.05, 3.63) is 32.8 Å². The number of amides is 1. The lowest BCUT2D eigenvalue weighted by Gasteiger charge is -2.16. The number of benzene rings is 1. The highest BCUT2D eigenvalue weighted by molar-refractivity contribution is 9.10. The molecule has 0 spiro atoms. The van der Waals surface area contributed by atoms with E-state index in [1.165, 1.54) is 18.2 Å². The van der Waals surface area contributed by atoms with Crippen LogP contribution in [0.5, 0.6) is 0 Å². The third-order valence-electron chi connectivity index (χ3n) is 2.93. The first-order valence-electron chi connectivity index (χ1n) is 5.38. The van der Waals surface area contributed by atoms with E-state index >= 15 is 0 Å². The Kier molecular flexibility index (Phi) is 3.78. The molecule has 1 saturated heterocycles. The van der Waals surface area contributed by atoms with E-state index in [9.17, 15) is 27.2 Å². The van der Waals surface area contributed by atoms with Crippen LogP contribution in [0.1, 0.15) is 6.42 Å². The summed E-state index contributed by atoms with van der Waals surface area (Å²) in [5.74, 6) is -0.544. The maximum absolute atomic E-state index is 12.9. The van der Waals surface area contributed by atoms with Crippen LogP contribution in [0.2, 0.25) is 0 Å². The summed E-state index contributed by atoms with van der Waals surface area (Å²) < 4.78 is 34.7. The second-order valence-corrected chi connectivity index (χ2v) is 6.67. The lowest BCUT2D eigenvalue weighted by molar-refractivity contribution is -0.385. The fourth-order valence-electron chi connectivity index (χ4n) is 1.92. The van der Waals surface area contributed by atoms with Crippen molar-refractivity contribution in [1.82, 2.24) is 0 Å². The van der Waals surface area contributed by atoms with Crippen molar-refractivity contribution in [2.75, 3.05) is 11.4 Å². The van der Waals surface area contributed by atoms with Crippen molar-refractivity contribution in [3.63, 3.8) is 0 Å². The molecule has 108 valence electrons. The van der Waals surface area contributed by atoms with Crippen LogP contribution < -0.4 is 4.90 Å². The number of hydrogen-bond acceptors (Lipinski definition) is 5. The summed E-state index contributed by atoms with van der Waals surface area (Å²) in [6, 6.07) is 3.82. The third-order valence-corrected chi connectivity index (χ3v) is 4.67. The second kappa shape index (κ2) is 5.09. The first-order chi connectivity index (χ1) is 9.20. The molecule has 1 fully saturated rings. The molecule has 0 N–H and O–H groups in total. The van der Waals surface area contributed by atoms with Gasteiger partial charge in [-0.1, -0.05) is 0 Å². The number of rotatable bonds is 3. The summed E-state index contributed by atoms with van der Waals surface area (Å²) >= 11 is 3.00. The normalized spacial score (nSPS) is 19.4. The van der Waals surface area contributed by atoms with Gasteiger partial charge in [0.15, 0.2) is 0 Å². The predicted molar refractivity (Wildman–Crippen MR) is 71.6 cm³/mol. The molecule has 1 heterocycles. The minimum atomic E-state index is -4.79. The number of nitro groups is 1. The van der Waals surface area contributed by atoms with Gasteiger partial charge in [-0.15, -0.1) is 3.89 Å². The molecule has 2 rings (SSSR count). The number of carbonyl (C=O) groups is 1. The van der Waals surface area contributed by atoms with Crippen LogP contribution >= 0.6 is 15.9 Å². The Morgan fingerprint density at radius 2 is 2.10 bits per heavy atom. The monoisotopic (exact) mass is 366 g/mol. The lowest BCUT2D eigenvalue weighted by atomic mass is 10.2. The summed E-state index contributed by atoms with van der Waals surface area (Å²) in [5, 5.41) is 9.27. The molecule has 7 nitrogen and oxygen atoms in total. The molecule has 0 saturated carbocycles. The molecule has 0 radical (unpaired) electrons. The van der Waals surface area contributed by atoms with E-state index in [1.807, 2.05) is 0 Å². The van der Waals surface area contributed by atoms with Crippen molar-refractivity contribution in [3.8, 4) is 0 Å². The Morgan fingerprint density at radius 3 is 2.55 bits per heavy atom. The highest BCUT2D eigenvalue weighted by atomic mass is 79.9. The summed E-state index contributed by atoms with van der Waals surface area (Å²) in [6.45, 7) is -0.304. The molecule has 1 atom stereocenters. The van der Waals surface area contributed by atoms with Gasteiger partial charge in [-0.25, -0.2) is 0 Å². The van der Waals surface area contributed by atoms with Gasteiger partial charge in [-0.2, -0.15) is 8.42 Å². The van der Waals surface area contributed by atoms with Crippen molar-refractivity contribution in [1.29, 1.82) is 0 Å². The smallest absolute Gasteiger partial charge is 0.307 e. The van der Waals surface area contributed by atoms with Gasteiger partial charge >= 0.3 is 10.2 Å². The van der Waals surface area contributed by atoms with Gasteiger partial charge in [0.25, 0.3) is 5.69 Å². The number of anilines is 1. The molecular weight excluding hydrogens is 359 g/mol. The fraction of sp³-hybridized carbons (Fsp3) is 0.300. The Morgan fingerprint density at radius 1 is 1.45 bits per heavy atom.